The minimum Gasteiger partial charge on any atom is -0.384 e. The molecular formula is C58H57F2N15O5. The number of nitrogens with one attached hydrogen (secondary N) is 2. The van der Waals surface area contributed by atoms with Crippen molar-refractivity contribution in [2.24, 2.45) is 5.92 Å². The smallest absolute Gasteiger partial charge is 0.264 e. The molecule has 22 heteroatoms. The number of anilines is 4. The summed E-state index contributed by atoms with van der Waals surface area (Å²) in [4.78, 5) is 92.0. The maximum atomic E-state index is 15.9. The van der Waals surface area contributed by atoms with Crippen LogP contribution in [0.5, 0.6) is 0 Å². The fourth-order valence-corrected chi connectivity index (χ4v) is 11.7. The van der Waals surface area contributed by atoms with Gasteiger partial charge in [0, 0.05) is 124 Å². The van der Waals surface area contributed by atoms with Crippen molar-refractivity contribution in [3.05, 3.63) is 131 Å². The summed E-state index contributed by atoms with van der Waals surface area (Å²) >= 11 is 0. The predicted octanol–water partition coefficient (Wildman–Crippen LogP) is 5.51. The van der Waals surface area contributed by atoms with Crippen molar-refractivity contribution in [3.8, 4) is 28.8 Å². The number of nitrogens with zero attached hydrogens (tertiary/aromatic N) is 12. The monoisotopic (exact) mass is 1080 g/mol. The normalized spacial score (nSPS) is 18.4. The van der Waals surface area contributed by atoms with E-state index in [-0.39, 0.29) is 47.5 Å². The molecule has 408 valence electrons. The van der Waals surface area contributed by atoms with E-state index < -0.39 is 41.3 Å². The Morgan fingerprint density at radius 1 is 0.825 bits per heavy atom. The van der Waals surface area contributed by atoms with E-state index >= 15 is 8.78 Å². The highest BCUT2D eigenvalue weighted by atomic mass is 19.1. The van der Waals surface area contributed by atoms with Crippen LogP contribution in [0.15, 0.2) is 91.5 Å². The number of halogens is 2. The number of hydrogen-bond donors (Lipinski definition) is 3. The maximum Gasteiger partial charge on any atom is 0.264 e. The Labute approximate surface area is 459 Å². The highest BCUT2D eigenvalue weighted by Crippen LogP contribution is 2.35. The van der Waals surface area contributed by atoms with Crippen LogP contribution in [0, 0.1) is 36.3 Å². The lowest BCUT2D eigenvalue weighted by atomic mass is 9.93. The summed E-state index contributed by atoms with van der Waals surface area (Å²) in [5.74, 6) is 4.82. The molecule has 10 heterocycles. The second kappa shape index (κ2) is 21.6. The molecule has 7 aromatic rings. The van der Waals surface area contributed by atoms with Gasteiger partial charge < -0.3 is 25.8 Å². The predicted molar refractivity (Wildman–Crippen MR) is 293 cm³/mol. The molecule has 0 bridgehead atoms. The third-order valence-corrected chi connectivity index (χ3v) is 15.9. The number of piperidine rings is 3. The average Bonchev–Trinajstić information content (AvgIpc) is 4.22. The third kappa shape index (κ3) is 10.2. The minimum absolute atomic E-state index is 0.0481. The number of nitrogens with two attached hydrogens (primary N) is 1. The van der Waals surface area contributed by atoms with Gasteiger partial charge in [-0.3, -0.25) is 48.3 Å². The van der Waals surface area contributed by atoms with Crippen LogP contribution < -0.4 is 26.2 Å². The van der Waals surface area contributed by atoms with Gasteiger partial charge in [-0.15, -0.1) is 0 Å². The molecule has 0 spiro atoms. The van der Waals surface area contributed by atoms with Crippen LogP contribution in [0.3, 0.4) is 0 Å². The number of rotatable bonds is 11. The molecule has 12 rings (SSSR count). The first-order chi connectivity index (χ1) is 38.8. The van der Waals surface area contributed by atoms with Crippen LogP contribution in [0.2, 0.25) is 0 Å². The molecule has 0 aliphatic carbocycles. The molecule has 0 saturated carbocycles. The quantitative estimate of drug-likeness (QED) is 0.107. The van der Waals surface area contributed by atoms with Crippen LogP contribution in [0.1, 0.15) is 82.2 Å². The SMILES string of the molecule is Cc1nc2ccc(-c3ccnc(N)c3)nc2n1-c1cc(F)c(N2CCN(CC#Cc3ccc(N4CCC(C(=O)N5CCC(n6cc(CNc7cccc8c7C(=O)N(C7CCC(=O)NC7=O)C8=O)cn6)CC5)CC4)nc3)CC2)c(F)c1. The molecule has 80 heavy (non-hydrogen) atoms. The Kier molecular flexibility index (Phi) is 14.0. The fraction of sp³-hybridized carbons (Fsp3) is 0.345. The molecule has 5 aromatic heterocycles. The van der Waals surface area contributed by atoms with Crippen molar-refractivity contribution in [1.82, 2.24) is 54.3 Å². The molecule has 4 fully saturated rings. The molecule has 5 aliphatic rings. The first kappa shape index (κ1) is 51.6. The number of likely N-dealkylation sites (tertiary alicyclic amines) is 1. The molecule has 2 aromatic carbocycles. The summed E-state index contributed by atoms with van der Waals surface area (Å²) in [5.41, 5.74) is 11.1. The van der Waals surface area contributed by atoms with Crippen molar-refractivity contribution >= 4 is 63.7 Å². The summed E-state index contributed by atoms with van der Waals surface area (Å²) in [6.45, 7) is 7.37. The Morgan fingerprint density at radius 3 is 2.35 bits per heavy atom. The van der Waals surface area contributed by atoms with Crippen molar-refractivity contribution in [1.29, 1.82) is 0 Å². The van der Waals surface area contributed by atoms with E-state index in [1.807, 2.05) is 40.0 Å². The van der Waals surface area contributed by atoms with Crippen LogP contribution in [-0.2, 0) is 20.9 Å². The lowest BCUT2D eigenvalue weighted by Crippen LogP contribution is -2.54. The van der Waals surface area contributed by atoms with Crippen LogP contribution in [0.4, 0.5) is 31.8 Å². The summed E-state index contributed by atoms with van der Waals surface area (Å²) in [6.07, 6.45) is 10.3. The number of carbonyl (C=O) groups excluding carboxylic acids is 5. The Hall–Kier alpha value is -9.10. The second-order valence-electron chi connectivity index (χ2n) is 20.9. The van der Waals surface area contributed by atoms with E-state index in [4.69, 9.17) is 15.7 Å². The second-order valence-corrected chi connectivity index (χ2v) is 20.9. The van der Waals surface area contributed by atoms with Crippen LogP contribution in [-0.4, -0.2) is 143 Å². The van der Waals surface area contributed by atoms with Crippen molar-refractivity contribution in [2.75, 3.05) is 79.8 Å². The minimum atomic E-state index is -1.04. The van der Waals surface area contributed by atoms with Crippen LogP contribution >= 0.6 is 0 Å². The zero-order valence-electron chi connectivity index (χ0n) is 43.9. The maximum absolute atomic E-state index is 15.9. The number of carbonyl (C=O) groups is 5. The fourth-order valence-electron chi connectivity index (χ4n) is 11.7. The molecule has 1 unspecified atom stereocenters. The number of nitrogen functional groups attached to an aromatic ring is 1. The first-order valence-corrected chi connectivity index (χ1v) is 27.0. The van der Waals surface area contributed by atoms with Crippen molar-refractivity contribution in [2.45, 2.75) is 64.1 Å². The van der Waals surface area contributed by atoms with Crippen LogP contribution in [0.25, 0.3) is 28.1 Å². The standard InChI is InChI=1S/C58H57F2N15O5/c1-35-66-47-9-8-45(39-13-18-62-49(61)28-39)67-54(47)74(35)41-29-43(59)53(44(60)30-41)71-26-24-69(25-27-71)19-3-4-36-7-11-50(64-31-36)70-20-14-38(15-21-70)56(78)72-22-16-40(17-23-72)73-34-37(33-65-73)32-63-46-6-2-5-42-52(46)58(80)75(57(42)79)48-10-12-51(76)68-55(48)77/h2,5-9,11,13,18,28-31,33-34,38,40,48,63H,10,12,14-17,19-27,32H2,1H3,(H2,61,62)(H,68,76,77). The summed E-state index contributed by atoms with van der Waals surface area (Å²) < 4.78 is 35.4. The highest BCUT2D eigenvalue weighted by Gasteiger charge is 2.46. The van der Waals surface area contributed by atoms with Gasteiger partial charge in [-0.1, -0.05) is 17.9 Å². The summed E-state index contributed by atoms with van der Waals surface area (Å²) in [5, 5.41) is 10.1. The number of imidazole rings is 1. The Balaban J connectivity index is 0.577. The highest BCUT2D eigenvalue weighted by molar-refractivity contribution is 6.25. The lowest BCUT2D eigenvalue weighted by Gasteiger charge is -2.37. The van der Waals surface area contributed by atoms with E-state index in [2.05, 4.69) is 47.3 Å². The Morgan fingerprint density at radius 2 is 1.61 bits per heavy atom. The topological polar surface area (TPSA) is 226 Å². The van der Waals surface area contributed by atoms with Gasteiger partial charge in [-0.05, 0) is 87.6 Å². The van der Waals surface area contributed by atoms with Crippen molar-refractivity contribution in [3.63, 3.8) is 0 Å². The molecule has 20 nitrogen and oxygen atoms in total. The van der Waals surface area contributed by atoms with E-state index in [9.17, 15) is 24.0 Å². The van der Waals surface area contributed by atoms with Gasteiger partial charge >= 0.3 is 0 Å². The number of imide groups is 2. The number of piperazine rings is 1. The Bertz CT molecular complexity index is 3640. The van der Waals surface area contributed by atoms with Gasteiger partial charge in [0.1, 0.15) is 34.7 Å². The molecule has 4 saturated heterocycles. The van der Waals surface area contributed by atoms with Gasteiger partial charge in [0.05, 0.1) is 41.3 Å². The average molecular weight is 1080 g/mol. The van der Waals surface area contributed by atoms with Gasteiger partial charge in [-0.2, -0.15) is 5.10 Å². The van der Waals surface area contributed by atoms with E-state index in [1.54, 1.807) is 65.3 Å². The number of aryl methyl sites for hydroxylation is 1. The van der Waals surface area contributed by atoms with Crippen molar-refractivity contribution < 1.29 is 32.8 Å². The largest absolute Gasteiger partial charge is 0.384 e. The lowest BCUT2D eigenvalue weighted by molar-refractivity contribution is -0.138. The zero-order chi connectivity index (χ0) is 55.2. The molecule has 5 amide bonds. The molecule has 0 radical (unpaired) electrons. The number of aromatic nitrogens is 7. The van der Waals surface area contributed by atoms with Gasteiger partial charge in [0.15, 0.2) is 17.3 Å². The number of benzene rings is 2. The molecule has 4 N–H and O–H groups in total. The van der Waals surface area contributed by atoms with Gasteiger partial charge in [-0.25, -0.2) is 28.7 Å². The number of amides is 5. The number of pyridine rings is 3. The van der Waals surface area contributed by atoms with E-state index in [0.717, 1.165) is 66.2 Å². The number of fused-ring (bicyclic) bond motifs is 2. The van der Waals surface area contributed by atoms with Gasteiger partial charge in [0.25, 0.3) is 11.8 Å². The molecule has 1 atom stereocenters. The number of hydrogen-bond acceptors (Lipinski definition) is 15. The molecular weight excluding hydrogens is 1020 g/mol. The zero-order valence-corrected chi connectivity index (χ0v) is 43.9. The van der Waals surface area contributed by atoms with E-state index in [1.165, 1.54) is 12.1 Å². The van der Waals surface area contributed by atoms with Gasteiger partial charge in [0.2, 0.25) is 17.7 Å². The molecule has 5 aliphatic heterocycles. The van der Waals surface area contributed by atoms with E-state index in [0.29, 0.717) is 92.2 Å². The summed E-state index contributed by atoms with van der Waals surface area (Å²) in [6, 6.07) is 17.8. The summed E-state index contributed by atoms with van der Waals surface area (Å²) in [7, 11) is 0. The third-order valence-electron chi connectivity index (χ3n) is 15.9. The first-order valence-electron chi connectivity index (χ1n) is 27.0.